The smallest absolute Gasteiger partial charge is 0.336 e. The fourth-order valence-electron chi connectivity index (χ4n) is 4.02. The lowest BCUT2D eigenvalue weighted by Gasteiger charge is -2.24. The van der Waals surface area contributed by atoms with E-state index in [1.807, 2.05) is 38.1 Å². The van der Waals surface area contributed by atoms with E-state index in [4.69, 9.17) is 16.0 Å². The average Bonchev–Trinajstić information content (AvgIpc) is 2.92. The Labute approximate surface area is 178 Å². The average molecular weight is 425 g/mol. The first-order valence-electron chi connectivity index (χ1n) is 9.70. The van der Waals surface area contributed by atoms with E-state index >= 15 is 0 Å². The number of imide groups is 1. The maximum Gasteiger partial charge on any atom is 0.336 e. The molecule has 3 aromatic rings. The Balaban J connectivity index is 1.76. The second-order valence-corrected chi connectivity index (χ2v) is 8.05. The van der Waals surface area contributed by atoms with Gasteiger partial charge in [0.2, 0.25) is 0 Å². The molecule has 0 aliphatic carbocycles. The zero-order valence-corrected chi connectivity index (χ0v) is 17.7. The number of hydrogen-bond acceptors (Lipinski definition) is 4. The lowest BCUT2D eigenvalue weighted by molar-refractivity contribution is -0.131. The van der Waals surface area contributed by atoms with Crippen LogP contribution in [0.15, 0.2) is 51.7 Å². The lowest BCUT2D eigenvalue weighted by atomic mass is 9.88. The minimum Gasteiger partial charge on any atom is -0.423 e. The van der Waals surface area contributed by atoms with E-state index in [0.717, 1.165) is 21.6 Å². The number of rotatable bonds is 4. The number of amides is 3. The zero-order valence-electron chi connectivity index (χ0n) is 16.9. The van der Waals surface area contributed by atoms with E-state index in [9.17, 15) is 14.4 Å². The van der Waals surface area contributed by atoms with Gasteiger partial charge in [0.25, 0.3) is 5.91 Å². The van der Waals surface area contributed by atoms with Crippen LogP contribution in [0.3, 0.4) is 0 Å². The van der Waals surface area contributed by atoms with E-state index in [-0.39, 0.29) is 12.5 Å². The number of nitrogens with one attached hydrogen (secondary N) is 1. The summed E-state index contributed by atoms with van der Waals surface area (Å²) in [7, 11) is 0. The molecule has 30 heavy (non-hydrogen) atoms. The molecule has 1 saturated heterocycles. The predicted molar refractivity (Wildman–Crippen MR) is 114 cm³/mol. The van der Waals surface area contributed by atoms with E-state index in [2.05, 4.69) is 5.32 Å². The predicted octanol–water partition coefficient (Wildman–Crippen LogP) is 4.28. The van der Waals surface area contributed by atoms with Crippen LogP contribution in [-0.4, -0.2) is 16.8 Å². The molecular formula is C23H21ClN2O4. The molecule has 7 heteroatoms. The zero-order chi connectivity index (χ0) is 21.6. The van der Waals surface area contributed by atoms with Crippen molar-refractivity contribution < 1.29 is 14.0 Å². The number of nitrogens with zero attached hydrogens (tertiary/aromatic N) is 1. The van der Waals surface area contributed by atoms with Crippen molar-refractivity contribution in [2.45, 2.75) is 39.3 Å². The first-order valence-corrected chi connectivity index (χ1v) is 10.1. The fourth-order valence-corrected chi connectivity index (χ4v) is 4.32. The van der Waals surface area contributed by atoms with E-state index < -0.39 is 17.2 Å². The molecule has 0 bridgehead atoms. The molecule has 2 heterocycles. The molecule has 0 spiro atoms. The van der Waals surface area contributed by atoms with E-state index in [1.165, 1.54) is 6.07 Å². The lowest BCUT2D eigenvalue weighted by Crippen LogP contribution is -2.41. The van der Waals surface area contributed by atoms with Crippen molar-refractivity contribution in [1.82, 2.24) is 10.2 Å². The van der Waals surface area contributed by atoms with Crippen molar-refractivity contribution in [2.24, 2.45) is 0 Å². The van der Waals surface area contributed by atoms with Crippen molar-refractivity contribution in [3.8, 4) is 0 Å². The minimum absolute atomic E-state index is 0.0595. The highest BCUT2D eigenvalue weighted by atomic mass is 35.5. The van der Waals surface area contributed by atoms with Crippen molar-refractivity contribution in [1.29, 1.82) is 0 Å². The number of urea groups is 1. The summed E-state index contributed by atoms with van der Waals surface area (Å²) in [5, 5.41) is 3.95. The van der Waals surface area contributed by atoms with Crippen molar-refractivity contribution >= 4 is 34.5 Å². The molecular weight excluding hydrogens is 404 g/mol. The van der Waals surface area contributed by atoms with Crippen LogP contribution >= 0.6 is 11.6 Å². The number of carbonyl (C=O) groups is 2. The molecule has 2 aromatic carbocycles. The molecule has 0 radical (unpaired) electrons. The molecule has 4 rings (SSSR count). The van der Waals surface area contributed by atoms with Gasteiger partial charge in [-0.1, -0.05) is 42.8 Å². The highest BCUT2D eigenvalue weighted by Gasteiger charge is 2.49. The monoisotopic (exact) mass is 424 g/mol. The van der Waals surface area contributed by atoms with Crippen LogP contribution < -0.4 is 10.9 Å². The molecule has 6 nitrogen and oxygen atoms in total. The number of benzene rings is 2. The summed E-state index contributed by atoms with van der Waals surface area (Å²) in [6.45, 7) is 5.48. The quantitative estimate of drug-likeness (QED) is 0.500. The number of carbonyl (C=O) groups excluding carboxylic acids is 2. The first-order chi connectivity index (χ1) is 14.2. The number of fused-ring (bicyclic) bond motifs is 1. The van der Waals surface area contributed by atoms with Gasteiger partial charge in [0.05, 0.1) is 6.54 Å². The second kappa shape index (κ2) is 7.29. The van der Waals surface area contributed by atoms with Crippen molar-refractivity contribution in [2.75, 3.05) is 0 Å². The molecule has 1 fully saturated rings. The summed E-state index contributed by atoms with van der Waals surface area (Å²) < 4.78 is 5.33. The van der Waals surface area contributed by atoms with Gasteiger partial charge in [0, 0.05) is 16.5 Å². The van der Waals surface area contributed by atoms with Crippen LogP contribution in [0, 0.1) is 6.92 Å². The number of aryl methyl sites for hydroxylation is 2. The van der Waals surface area contributed by atoms with Gasteiger partial charge < -0.3 is 9.73 Å². The van der Waals surface area contributed by atoms with Crippen LogP contribution in [0.5, 0.6) is 0 Å². The Kier molecular flexibility index (Phi) is 4.90. The van der Waals surface area contributed by atoms with Gasteiger partial charge in [-0.3, -0.25) is 9.69 Å². The molecule has 1 aromatic heterocycles. The summed E-state index contributed by atoms with van der Waals surface area (Å²) in [4.78, 5) is 39.3. The van der Waals surface area contributed by atoms with Crippen LogP contribution in [0.4, 0.5) is 4.79 Å². The van der Waals surface area contributed by atoms with Crippen molar-refractivity contribution in [3.63, 3.8) is 0 Å². The van der Waals surface area contributed by atoms with Crippen molar-refractivity contribution in [3.05, 3.63) is 80.2 Å². The molecule has 3 amide bonds. The van der Waals surface area contributed by atoms with Gasteiger partial charge in [-0.2, -0.15) is 0 Å². The van der Waals surface area contributed by atoms with Gasteiger partial charge >= 0.3 is 11.7 Å². The molecule has 1 unspecified atom stereocenters. The summed E-state index contributed by atoms with van der Waals surface area (Å²) in [6, 6.07) is 11.7. The largest absolute Gasteiger partial charge is 0.423 e. The number of hydrogen-bond donors (Lipinski definition) is 1. The Morgan fingerprint density at radius 1 is 1.10 bits per heavy atom. The second-order valence-electron chi connectivity index (χ2n) is 7.65. The molecule has 1 N–H and O–H groups in total. The van der Waals surface area contributed by atoms with Crippen LogP contribution in [-0.2, 0) is 23.3 Å². The van der Waals surface area contributed by atoms with E-state index in [0.29, 0.717) is 28.0 Å². The number of halogens is 1. The third kappa shape index (κ3) is 3.17. The standard InChI is InChI=1S/C23H21ClN2O4/c1-4-14-9-19-16(11-18(14)24)15(10-20(27)30-19)12-26-21(28)23(3,25-22(26)29)17-8-6-5-7-13(17)2/h5-11H,4,12H2,1-3H3,(H,25,29). The maximum atomic E-state index is 13.3. The Hall–Kier alpha value is -3.12. The molecule has 1 aliphatic heterocycles. The van der Waals surface area contributed by atoms with Gasteiger partial charge in [-0.15, -0.1) is 0 Å². The maximum absolute atomic E-state index is 13.3. The molecule has 154 valence electrons. The fraction of sp³-hybridized carbons (Fsp3) is 0.261. The summed E-state index contributed by atoms with van der Waals surface area (Å²) in [5.74, 6) is -0.375. The molecule has 0 saturated carbocycles. The van der Waals surface area contributed by atoms with Crippen LogP contribution in [0.1, 0.15) is 36.1 Å². The first kappa shape index (κ1) is 20.2. The molecule has 1 atom stereocenters. The highest BCUT2D eigenvalue weighted by molar-refractivity contribution is 6.32. The Morgan fingerprint density at radius 3 is 2.53 bits per heavy atom. The third-order valence-electron chi connectivity index (χ3n) is 5.67. The summed E-state index contributed by atoms with van der Waals surface area (Å²) >= 11 is 6.35. The van der Waals surface area contributed by atoms with E-state index in [1.54, 1.807) is 19.1 Å². The Bertz CT molecular complexity index is 1250. The summed E-state index contributed by atoms with van der Waals surface area (Å²) in [6.07, 6.45) is 0.685. The molecule has 1 aliphatic rings. The normalized spacial score (nSPS) is 18.9. The van der Waals surface area contributed by atoms with Gasteiger partial charge in [-0.05, 0) is 54.7 Å². The van der Waals surface area contributed by atoms with Gasteiger partial charge in [-0.25, -0.2) is 9.59 Å². The van der Waals surface area contributed by atoms with Gasteiger partial charge in [0.1, 0.15) is 11.1 Å². The minimum atomic E-state index is -1.18. The topological polar surface area (TPSA) is 79.6 Å². The van der Waals surface area contributed by atoms with Gasteiger partial charge in [0.15, 0.2) is 0 Å². The van der Waals surface area contributed by atoms with Crippen LogP contribution in [0.25, 0.3) is 11.0 Å². The summed E-state index contributed by atoms with van der Waals surface area (Å²) in [5.41, 5.74) is 1.65. The highest BCUT2D eigenvalue weighted by Crippen LogP contribution is 2.33. The SMILES string of the molecule is CCc1cc2oc(=O)cc(CN3C(=O)NC(C)(c4ccccc4C)C3=O)c2cc1Cl. The van der Waals surface area contributed by atoms with Crippen LogP contribution in [0.2, 0.25) is 5.02 Å². The Morgan fingerprint density at radius 2 is 1.83 bits per heavy atom. The third-order valence-corrected chi connectivity index (χ3v) is 6.02.